The Morgan fingerprint density at radius 2 is 1.83 bits per heavy atom. The van der Waals surface area contributed by atoms with Crippen LogP contribution in [-0.4, -0.2) is 34.6 Å². The molecule has 1 N–H and O–H groups in total. The zero-order chi connectivity index (χ0) is 24.7. The van der Waals surface area contributed by atoms with Crippen molar-refractivity contribution < 1.29 is 5.11 Å². The maximum atomic E-state index is 12.7. The maximum Gasteiger partial charge on any atom is 0.251 e. The average Bonchev–Trinajstić information content (AvgIpc) is 3.32. The van der Waals surface area contributed by atoms with E-state index in [1.165, 1.54) is 21.5 Å². The second-order valence-corrected chi connectivity index (χ2v) is 9.28. The molecule has 0 aliphatic heterocycles. The van der Waals surface area contributed by atoms with Gasteiger partial charge < -0.3 is 9.67 Å². The zero-order valence-corrected chi connectivity index (χ0v) is 21.0. The smallest absolute Gasteiger partial charge is 0.251 e. The molecule has 0 aliphatic rings. The predicted octanol–water partition coefficient (Wildman–Crippen LogP) is 2.99. The summed E-state index contributed by atoms with van der Waals surface area (Å²) in [6.07, 6.45) is 7.06. The molecule has 0 spiro atoms. The summed E-state index contributed by atoms with van der Waals surface area (Å²) in [6, 6.07) is 17.8. The highest BCUT2D eigenvalue weighted by atomic mass is 127. The molecule has 4 heterocycles. The van der Waals surface area contributed by atoms with Crippen LogP contribution in [0.2, 0.25) is 0 Å². The Morgan fingerprint density at radius 1 is 1.06 bits per heavy atom. The molecule has 0 unspecified atom stereocenters. The first-order chi connectivity index (χ1) is 16.8. The molecule has 0 saturated carbocycles. The van der Waals surface area contributed by atoms with Gasteiger partial charge in [-0.25, -0.2) is 14.6 Å². The fraction of sp³-hybridized carbons (Fsp3) is 0.115. The van der Waals surface area contributed by atoms with Gasteiger partial charge in [0.25, 0.3) is 5.56 Å². The van der Waals surface area contributed by atoms with Crippen LogP contribution < -0.4 is 5.56 Å². The minimum Gasteiger partial charge on any atom is -0.373 e. The Balaban J connectivity index is 1.84. The monoisotopic (exact) mass is 574 g/mol. The molecule has 0 radical (unpaired) electrons. The van der Waals surface area contributed by atoms with Crippen LogP contribution in [0, 0.1) is 15.9 Å². The van der Waals surface area contributed by atoms with E-state index in [1.54, 1.807) is 44.4 Å². The normalized spacial score (nSPS) is 12.9. The van der Waals surface area contributed by atoms with Crippen LogP contribution in [-0.2, 0) is 19.7 Å². The van der Waals surface area contributed by atoms with Gasteiger partial charge in [0.2, 0.25) is 0 Å². The molecule has 1 atom stereocenters. The van der Waals surface area contributed by atoms with Crippen molar-refractivity contribution >= 4 is 33.6 Å². The number of fused-ring (bicyclic) bond motifs is 1. The quantitative estimate of drug-likeness (QED) is 0.262. The molecule has 8 nitrogen and oxygen atoms in total. The Hall–Kier alpha value is -3.88. The number of aromatic nitrogens is 6. The maximum absolute atomic E-state index is 12.7. The number of hydrogen-bond donors (Lipinski definition) is 1. The molecule has 9 heteroatoms. The van der Waals surface area contributed by atoms with Crippen LogP contribution in [0.4, 0.5) is 0 Å². The van der Waals surface area contributed by atoms with Crippen LogP contribution in [0.5, 0.6) is 0 Å². The molecular formula is C26H19IN6O2. The van der Waals surface area contributed by atoms with E-state index >= 15 is 0 Å². The van der Waals surface area contributed by atoms with Crippen molar-refractivity contribution in [2.45, 2.75) is 5.60 Å². The number of benzene rings is 1. The van der Waals surface area contributed by atoms with Gasteiger partial charge in [-0.1, -0.05) is 29.3 Å². The van der Waals surface area contributed by atoms with Crippen LogP contribution in [0.25, 0.3) is 22.3 Å². The summed E-state index contributed by atoms with van der Waals surface area (Å²) in [5, 5.41) is 20.2. The van der Waals surface area contributed by atoms with Crippen molar-refractivity contribution in [2.24, 2.45) is 14.1 Å². The highest BCUT2D eigenvalue weighted by molar-refractivity contribution is 14.1. The fourth-order valence-electron chi connectivity index (χ4n) is 4.13. The van der Waals surface area contributed by atoms with Gasteiger partial charge in [0.15, 0.2) is 5.60 Å². The van der Waals surface area contributed by atoms with Crippen molar-refractivity contribution in [2.75, 3.05) is 0 Å². The largest absolute Gasteiger partial charge is 0.373 e. The first kappa shape index (κ1) is 22.9. The third-order valence-corrected chi connectivity index (χ3v) is 6.70. The van der Waals surface area contributed by atoms with Gasteiger partial charge in [-0.3, -0.25) is 4.79 Å². The molecule has 35 heavy (non-hydrogen) atoms. The fourth-order valence-corrected chi connectivity index (χ4v) is 4.48. The van der Waals surface area contributed by atoms with Crippen molar-refractivity contribution in [1.82, 2.24) is 29.5 Å². The summed E-state index contributed by atoms with van der Waals surface area (Å²) in [7, 11) is 3.39. The van der Waals surface area contributed by atoms with Gasteiger partial charge in [0, 0.05) is 29.3 Å². The van der Waals surface area contributed by atoms with Crippen molar-refractivity contribution in [3.8, 4) is 23.6 Å². The summed E-state index contributed by atoms with van der Waals surface area (Å²) in [5.41, 5.74) is 2.13. The Morgan fingerprint density at radius 3 is 2.51 bits per heavy atom. The second kappa shape index (κ2) is 8.72. The lowest BCUT2D eigenvalue weighted by Gasteiger charge is -2.28. The van der Waals surface area contributed by atoms with Crippen molar-refractivity contribution in [3.05, 3.63) is 103 Å². The molecule has 0 saturated heterocycles. The van der Waals surface area contributed by atoms with Crippen molar-refractivity contribution in [3.63, 3.8) is 0 Å². The highest BCUT2D eigenvalue weighted by Gasteiger charge is 2.39. The van der Waals surface area contributed by atoms with Gasteiger partial charge in [-0.05, 0) is 64.6 Å². The summed E-state index contributed by atoms with van der Waals surface area (Å²) in [4.78, 5) is 22.1. The lowest BCUT2D eigenvalue weighted by atomic mass is 9.86. The summed E-state index contributed by atoms with van der Waals surface area (Å²) >= 11 is 2.21. The van der Waals surface area contributed by atoms with E-state index in [-0.39, 0.29) is 5.56 Å². The van der Waals surface area contributed by atoms with Gasteiger partial charge in [-0.15, -0.1) is 11.5 Å². The van der Waals surface area contributed by atoms with Gasteiger partial charge in [0.1, 0.15) is 11.4 Å². The van der Waals surface area contributed by atoms with E-state index < -0.39 is 5.60 Å². The third kappa shape index (κ3) is 3.80. The second-order valence-electron chi connectivity index (χ2n) is 8.03. The van der Waals surface area contributed by atoms with Crippen molar-refractivity contribution in [1.29, 1.82) is 0 Å². The minimum atomic E-state index is -1.66. The lowest BCUT2D eigenvalue weighted by Crippen LogP contribution is -2.33. The van der Waals surface area contributed by atoms with E-state index in [4.69, 9.17) is 11.4 Å². The third-order valence-electron chi connectivity index (χ3n) is 5.98. The SMILES string of the molecule is C#Cc1cccc(-c2cc(=O)n(C)c3ccc([C@](O)(c4ccc(I)cc4)c4cnnn4C)nc23)n1. The molecule has 0 aliphatic carbocycles. The van der Waals surface area contributed by atoms with Gasteiger partial charge in [0.05, 0.1) is 28.6 Å². The van der Waals surface area contributed by atoms with E-state index in [1.807, 2.05) is 24.3 Å². The molecule has 0 fully saturated rings. The Labute approximate surface area is 214 Å². The standard InChI is InChI=1S/C26H19IN6O2/c1-4-18-6-5-7-20(29-18)19-14-24(34)32(2)21-12-13-22(30-25(19)21)26(35,23-15-28-31-33(23)3)16-8-10-17(27)11-9-16/h1,5-15,35H,2-3H3/t26-/m1/s1. The number of aryl methyl sites for hydroxylation is 2. The molecule has 4 aromatic heterocycles. The van der Waals surface area contributed by atoms with Crippen LogP contribution in [0.1, 0.15) is 22.6 Å². The molecule has 5 rings (SSSR count). The highest BCUT2D eigenvalue weighted by Crippen LogP contribution is 2.37. The molecule has 0 bridgehead atoms. The molecule has 1 aromatic carbocycles. The Bertz CT molecular complexity index is 1680. The summed E-state index contributed by atoms with van der Waals surface area (Å²) in [6.45, 7) is 0. The number of pyridine rings is 3. The molecule has 172 valence electrons. The van der Waals surface area contributed by atoms with E-state index in [0.717, 1.165) is 3.57 Å². The van der Waals surface area contributed by atoms with E-state index in [9.17, 15) is 9.90 Å². The molecule has 5 aromatic rings. The number of nitrogens with zero attached hydrogens (tertiary/aromatic N) is 6. The first-order valence-electron chi connectivity index (χ1n) is 10.6. The topological polar surface area (TPSA) is 98.7 Å². The first-order valence-corrected chi connectivity index (χ1v) is 11.7. The van der Waals surface area contributed by atoms with E-state index in [2.05, 4.69) is 43.8 Å². The minimum absolute atomic E-state index is 0.210. The van der Waals surface area contributed by atoms with Crippen LogP contribution >= 0.6 is 22.6 Å². The number of hydrogen-bond acceptors (Lipinski definition) is 6. The lowest BCUT2D eigenvalue weighted by molar-refractivity contribution is 0.111. The van der Waals surface area contributed by atoms with Crippen LogP contribution in [0.15, 0.2) is 71.7 Å². The van der Waals surface area contributed by atoms with Crippen LogP contribution in [0.3, 0.4) is 0 Å². The molecular weight excluding hydrogens is 555 g/mol. The number of terminal acetylenes is 1. The predicted molar refractivity (Wildman–Crippen MR) is 140 cm³/mol. The van der Waals surface area contributed by atoms with Gasteiger partial charge >= 0.3 is 0 Å². The summed E-state index contributed by atoms with van der Waals surface area (Å²) in [5.74, 6) is 2.53. The number of aliphatic hydroxyl groups is 1. The Kier molecular flexibility index (Phi) is 5.70. The van der Waals surface area contributed by atoms with E-state index in [0.29, 0.717) is 44.9 Å². The molecule has 0 amide bonds. The van der Waals surface area contributed by atoms with Gasteiger partial charge in [-0.2, -0.15) is 0 Å². The summed E-state index contributed by atoms with van der Waals surface area (Å²) < 4.78 is 4.06. The average molecular weight is 574 g/mol. The number of rotatable bonds is 4. The zero-order valence-electron chi connectivity index (χ0n) is 18.8. The number of halogens is 1.